The topological polar surface area (TPSA) is 45.4 Å². The van der Waals surface area contributed by atoms with Gasteiger partial charge in [-0.1, -0.05) is 12.1 Å². The molecule has 0 radical (unpaired) electrons. The van der Waals surface area contributed by atoms with Crippen LogP contribution in [0.1, 0.15) is 30.6 Å². The molecule has 23 heavy (non-hydrogen) atoms. The van der Waals surface area contributed by atoms with Crippen LogP contribution in [0.4, 0.5) is 13.2 Å². The summed E-state index contributed by atoms with van der Waals surface area (Å²) in [4.78, 5) is 0. The summed E-state index contributed by atoms with van der Waals surface area (Å²) in [7, 11) is 0. The van der Waals surface area contributed by atoms with E-state index in [1.807, 2.05) is 0 Å². The third-order valence-electron chi connectivity index (χ3n) is 3.45. The van der Waals surface area contributed by atoms with E-state index < -0.39 is 11.7 Å². The monoisotopic (exact) mass is 327 g/mol. The summed E-state index contributed by atoms with van der Waals surface area (Å²) in [5.41, 5.74) is -0.274. The SMILES string of the molecule is OCCCCCNCc1ccc(-c2cccc(C(F)(F)F)c2)o1. The van der Waals surface area contributed by atoms with E-state index in [-0.39, 0.29) is 6.61 Å². The number of nitrogens with one attached hydrogen (secondary N) is 1. The molecule has 0 aliphatic rings. The number of hydrogen-bond donors (Lipinski definition) is 2. The predicted octanol–water partition coefficient (Wildman–Crippen LogP) is 4.22. The number of aliphatic hydroxyl groups is 1. The first-order valence-electron chi connectivity index (χ1n) is 7.58. The van der Waals surface area contributed by atoms with Crippen LogP contribution in [-0.4, -0.2) is 18.3 Å². The van der Waals surface area contributed by atoms with Crippen molar-refractivity contribution >= 4 is 0 Å². The van der Waals surface area contributed by atoms with Gasteiger partial charge < -0.3 is 14.8 Å². The standard InChI is InChI=1S/C17H20F3NO2/c18-17(19,20)14-6-4-5-13(11-14)16-8-7-15(23-16)12-21-9-2-1-3-10-22/h4-8,11,21-22H,1-3,9-10,12H2. The Kier molecular flexibility index (Phi) is 6.24. The molecule has 1 aromatic carbocycles. The molecular weight excluding hydrogens is 307 g/mol. The van der Waals surface area contributed by atoms with Crippen LogP contribution in [0.2, 0.25) is 0 Å². The molecule has 3 nitrogen and oxygen atoms in total. The fourth-order valence-corrected chi connectivity index (χ4v) is 2.23. The number of hydrogen-bond acceptors (Lipinski definition) is 3. The summed E-state index contributed by atoms with van der Waals surface area (Å²) in [6, 6.07) is 8.54. The fraction of sp³-hybridized carbons (Fsp3) is 0.412. The quantitative estimate of drug-likeness (QED) is 0.714. The van der Waals surface area contributed by atoms with Crippen LogP contribution in [0.25, 0.3) is 11.3 Å². The van der Waals surface area contributed by atoms with Gasteiger partial charge in [-0.3, -0.25) is 0 Å². The van der Waals surface area contributed by atoms with E-state index in [0.717, 1.165) is 37.9 Å². The molecule has 1 aromatic heterocycles. The van der Waals surface area contributed by atoms with Gasteiger partial charge in [-0.2, -0.15) is 13.2 Å². The van der Waals surface area contributed by atoms with Gasteiger partial charge in [0.25, 0.3) is 0 Å². The minimum absolute atomic E-state index is 0.207. The molecule has 6 heteroatoms. The van der Waals surface area contributed by atoms with Crippen LogP contribution in [-0.2, 0) is 12.7 Å². The smallest absolute Gasteiger partial charge is 0.416 e. The van der Waals surface area contributed by atoms with Gasteiger partial charge in [0.05, 0.1) is 12.1 Å². The van der Waals surface area contributed by atoms with Crippen LogP contribution in [0.15, 0.2) is 40.8 Å². The average molecular weight is 327 g/mol. The van der Waals surface area contributed by atoms with Gasteiger partial charge in [-0.05, 0) is 50.1 Å². The number of furan rings is 1. The van der Waals surface area contributed by atoms with Crippen molar-refractivity contribution < 1.29 is 22.7 Å². The lowest BCUT2D eigenvalue weighted by Gasteiger charge is -2.07. The molecule has 126 valence electrons. The lowest BCUT2D eigenvalue weighted by Crippen LogP contribution is -2.14. The average Bonchev–Trinajstić information content (AvgIpc) is 2.99. The Bertz CT molecular complexity index is 608. The zero-order chi connectivity index (χ0) is 16.7. The molecule has 2 rings (SSSR count). The van der Waals surface area contributed by atoms with Crippen molar-refractivity contribution in [2.75, 3.05) is 13.2 Å². The van der Waals surface area contributed by atoms with Crippen LogP contribution < -0.4 is 5.32 Å². The molecule has 0 saturated carbocycles. The second-order valence-corrected chi connectivity index (χ2v) is 5.31. The van der Waals surface area contributed by atoms with Gasteiger partial charge in [0.2, 0.25) is 0 Å². The van der Waals surface area contributed by atoms with E-state index in [9.17, 15) is 13.2 Å². The molecule has 0 unspecified atom stereocenters. The van der Waals surface area contributed by atoms with Crippen molar-refractivity contribution in [3.63, 3.8) is 0 Å². The van der Waals surface area contributed by atoms with Crippen molar-refractivity contribution in [1.29, 1.82) is 0 Å². The van der Waals surface area contributed by atoms with E-state index in [0.29, 0.717) is 23.6 Å². The number of benzene rings is 1. The van der Waals surface area contributed by atoms with Gasteiger partial charge in [0, 0.05) is 12.2 Å². The molecule has 0 spiro atoms. The van der Waals surface area contributed by atoms with Crippen molar-refractivity contribution in [2.24, 2.45) is 0 Å². The Morgan fingerprint density at radius 2 is 1.87 bits per heavy atom. The van der Waals surface area contributed by atoms with E-state index >= 15 is 0 Å². The maximum atomic E-state index is 12.7. The zero-order valence-electron chi connectivity index (χ0n) is 12.7. The normalized spacial score (nSPS) is 11.8. The Labute approximate surface area is 133 Å². The summed E-state index contributed by atoms with van der Waals surface area (Å²) in [5.74, 6) is 1.10. The molecule has 0 fully saturated rings. The molecule has 0 bridgehead atoms. The largest absolute Gasteiger partial charge is 0.460 e. The summed E-state index contributed by atoms with van der Waals surface area (Å²) in [5, 5.41) is 11.9. The van der Waals surface area contributed by atoms with E-state index in [1.54, 1.807) is 18.2 Å². The second-order valence-electron chi connectivity index (χ2n) is 5.31. The van der Waals surface area contributed by atoms with Crippen LogP contribution >= 0.6 is 0 Å². The van der Waals surface area contributed by atoms with Gasteiger partial charge in [0.15, 0.2) is 0 Å². The first kappa shape index (κ1) is 17.6. The molecule has 2 aromatic rings. The summed E-state index contributed by atoms with van der Waals surface area (Å²) < 4.78 is 43.8. The van der Waals surface area contributed by atoms with Gasteiger partial charge >= 0.3 is 6.18 Å². The second kappa shape index (κ2) is 8.17. The van der Waals surface area contributed by atoms with Crippen LogP contribution in [0, 0.1) is 0 Å². The highest BCUT2D eigenvalue weighted by Gasteiger charge is 2.30. The maximum absolute atomic E-state index is 12.7. The third-order valence-corrected chi connectivity index (χ3v) is 3.45. The molecule has 2 N–H and O–H groups in total. The summed E-state index contributed by atoms with van der Waals surface area (Å²) >= 11 is 0. The molecular formula is C17H20F3NO2. The predicted molar refractivity (Wildman–Crippen MR) is 81.8 cm³/mol. The molecule has 0 atom stereocenters. The molecule has 0 aliphatic carbocycles. The first-order valence-corrected chi connectivity index (χ1v) is 7.58. The Balaban J connectivity index is 1.92. The van der Waals surface area contributed by atoms with Gasteiger partial charge in [-0.25, -0.2) is 0 Å². The lowest BCUT2D eigenvalue weighted by molar-refractivity contribution is -0.137. The van der Waals surface area contributed by atoms with Crippen molar-refractivity contribution in [2.45, 2.75) is 32.0 Å². The highest BCUT2D eigenvalue weighted by molar-refractivity contribution is 5.58. The Hall–Kier alpha value is -1.79. The third kappa shape index (κ3) is 5.41. The number of unbranched alkanes of at least 4 members (excludes halogenated alkanes) is 2. The number of halogens is 3. The van der Waals surface area contributed by atoms with Crippen molar-refractivity contribution in [1.82, 2.24) is 5.32 Å². The lowest BCUT2D eigenvalue weighted by atomic mass is 10.1. The fourth-order valence-electron chi connectivity index (χ4n) is 2.23. The van der Waals surface area contributed by atoms with Gasteiger partial charge in [-0.15, -0.1) is 0 Å². The first-order chi connectivity index (χ1) is 11.0. The molecule has 1 heterocycles. The van der Waals surface area contributed by atoms with E-state index in [1.165, 1.54) is 6.07 Å². The summed E-state index contributed by atoms with van der Waals surface area (Å²) in [6.07, 6.45) is -1.65. The highest BCUT2D eigenvalue weighted by atomic mass is 19.4. The minimum atomic E-state index is -4.36. The molecule has 0 aliphatic heterocycles. The van der Waals surface area contributed by atoms with E-state index in [4.69, 9.17) is 9.52 Å². The van der Waals surface area contributed by atoms with Crippen molar-refractivity contribution in [3.05, 3.63) is 47.7 Å². The highest BCUT2D eigenvalue weighted by Crippen LogP contribution is 2.32. The number of rotatable bonds is 8. The zero-order valence-corrected chi connectivity index (χ0v) is 12.7. The van der Waals surface area contributed by atoms with Crippen LogP contribution in [0.3, 0.4) is 0 Å². The summed E-state index contributed by atoms with van der Waals surface area (Å²) in [6.45, 7) is 1.54. The van der Waals surface area contributed by atoms with Gasteiger partial charge in [0.1, 0.15) is 11.5 Å². The number of alkyl halides is 3. The minimum Gasteiger partial charge on any atom is -0.460 e. The van der Waals surface area contributed by atoms with E-state index in [2.05, 4.69) is 5.32 Å². The number of aliphatic hydroxyl groups excluding tert-OH is 1. The maximum Gasteiger partial charge on any atom is 0.416 e. The molecule has 0 saturated heterocycles. The molecule has 0 amide bonds. The Morgan fingerprint density at radius 3 is 2.61 bits per heavy atom. The van der Waals surface area contributed by atoms with Crippen LogP contribution in [0.5, 0.6) is 0 Å². The van der Waals surface area contributed by atoms with Crippen molar-refractivity contribution in [3.8, 4) is 11.3 Å². The Morgan fingerprint density at radius 1 is 1.04 bits per heavy atom.